The average Bonchev–Trinajstić information content (AvgIpc) is 3.53. The molecule has 9 nitrogen and oxygen atoms in total. The number of aryl methyl sites for hydroxylation is 1. The molecule has 2 aliphatic carbocycles. The van der Waals surface area contributed by atoms with Gasteiger partial charge in [0.25, 0.3) is 0 Å². The smallest absolute Gasteiger partial charge is 0.298 e. The van der Waals surface area contributed by atoms with Crippen molar-refractivity contribution < 1.29 is 13.2 Å². The Morgan fingerprint density at radius 2 is 1.38 bits per heavy atom. The fourth-order valence-electron chi connectivity index (χ4n) is 8.48. The van der Waals surface area contributed by atoms with Crippen LogP contribution in [0.15, 0.2) is 80.2 Å². The highest BCUT2D eigenvalue weighted by molar-refractivity contribution is 7.89. The molecule has 8 rings (SSSR count). The van der Waals surface area contributed by atoms with Crippen LogP contribution in [0.5, 0.6) is 0 Å². The first-order valence-corrected chi connectivity index (χ1v) is 15.0. The van der Waals surface area contributed by atoms with E-state index >= 15 is 0 Å². The van der Waals surface area contributed by atoms with E-state index in [1.54, 1.807) is 28.9 Å². The average molecular weight is 561 g/mol. The summed E-state index contributed by atoms with van der Waals surface area (Å²) in [6, 6.07) is 16.2. The molecule has 2 bridgehead atoms. The highest BCUT2D eigenvalue weighted by Crippen LogP contribution is 2.71. The van der Waals surface area contributed by atoms with Crippen molar-refractivity contribution in [2.45, 2.75) is 56.5 Å². The standard InChI is InChI=1S/C30H32N4O5S/c1-19-11-13-21(14-12-19)40(38,39)32-15-22-23(16-32)30-17-27(2,3)24(35)28(30,4)18-29(22,20-9-7-6-8-10-20)33-25(36)31(5)26(37)34(30)33/h6-14H,15-18H2,1-5H3/t28-,29-,30-/m1/s1. The zero-order valence-corrected chi connectivity index (χ0v) is 24.1. The van der Waals surface area contributed by atoms with Crippen LogP contribution in [-0.2, 0) is 32.9 Å². The second-order valence-corrected chi connectivity index (χ2v) is 14.7. The summed E-state index contributed by atoms with van der Waals surface area (Å²) in [4.78, 5) is 42.4. The fraction of sp³-hybridized carbons (Fsp3) is 0.433. The van der Waals surface area contributed by atoms with Crippen molar-refractivity contribution >= 4 is 15.8 Å². The van der Waals surface area contributed by atoms with Crippen LogP contribution < -0.4 is 11.4 Å². The van der Waals surface area contributed by atoms with Gasteiger partial charge in [0.05, 0.1) is 10.3 Å². The number of ketones is 1. The Labute approximate surface area is 232 Å². The first-order valence-electron chi connectivity index (χ1n) is 13.6. The zero-order valence-electron chi connectivity index (χ0n) is 23.3. The van der Waals surface area contributed by atoms with E-state index in [9.17, 15) is 22.8 Å². The van der Waals surface area contributed by atoms with Crippen molar-refractivity contribution in [1.82, 2.24) is 18.2 Å². The number of Topliss-reactive ketones (excluding diaryl/α,β-unsaturated/α-hetero) is 1. The zero-order chi connectivity index (χ0) is 28.6. The summed E-state index contributed by atoms with van der Waals surface area (Å²) in [5, 5.41) is 0. The highest BCUT2D eigenvalue weighted by atomic mass is 32.2. The van der Waals surface area contributed by atoms with Gasteiger partial charge < -0.3 is 0 Å². The SMILES string of the molecule is Cc1ccc(S(=O)(=O)N2CC3=C(C2)[C@]24CC(C)(C)C(=O)[C@@]2(C)C[C@]3(c2ccccc2)n2c(=O)n(C)c(=O)n24)cc1. The predicted molar refractivity (Wildman–Crippen MR) is 149 cm³/mol. The minimum atomic E-state index is -3.91. The Hall–Kier alpha value is -3.50. The minimum absolute atomic E-state index is 0.0288. The van der Waals surface area contributed by atoms with Crippen molar-refractivity contribution in [2.24, 2.45) is 17.9 Å². The summed E-state index contributed by atoms with van der Waals surface area (Å²) in [6.45, 7) is 7.72. The third kappa shape index (κ3) is 2.62. The van der Waals surface area contributed by atoms with Gasteiger partial charge in [-0.25, -0.2) is 31.9 Å². The van der Waals surface area contributed by atoms with Crippen LogP contribution >= 0.6 is 0 Å². The molecule has 3 aromatic rings. The lowest BCUT2D eigenvalue weighted by Gasteiger charge is -2.60. The maximum Gasteiger partial charge on any atom is 0.348 e. The van der Waals surface area contributed by atoms with Crippen LogP contribution in [0.4, 0.5) is 0 Å². The van der Waals surface area contributed by atoms with Crippen molar-refractivity contribution in [3.63, 3.8) is 0 Å². The largest absolute Gasteiger partial charge is 0.348 e. The molecule has 0 radical (unpaired) electrons. The Kier molecular flexibility index (Phi) is 4.72. The molecule has 1 aromatic heterocycles. The van der Waals surface area contributed by atoms with E-state index in [2.05, 4.69) is 0 Å². The van der Waals surface area contributed by atoms with Crippen molar-refractivity contribution in [2.75, 3.05) is 13.1 Å². The van der Waals surface area contributed by atoms with E-state index in [0.29, 0.717) is 6.42 Å². The summed E-state index contributed by atoms with van der Waals surface area (Å²) in [5.74, 6) is 0.0288. The molecule has 3 aliphatic heterocycles. The van der Waals surface area contributed by atoms with Gasteiger partial charge in [0.1, 0.15) is 16.9 Å². The summed E-state index contributed by atoms with van der Waals surface area (Å²) in [7, 11) is -2.44. The Morgan fingerprint density at radius 3 is 2.02 bits per heavy atom. The minimum Gasteiger partial charge on any atom is -0.298 e. The number of carbonyl (C=O) groups is 1. The fourth-order valence-corrected chi connectivity index (χ4v) is 9.86. The van der Waals surface area contributed by atoms with Crippen molar-refractivity contribution in [3.05, 3.63) is 97.8 Å². The normalized spacial score (nSPS) is 30.5. The van der Waals surface area contributed by atoms with Gasteiger partial charge in [-0.3, -0.25) is 4.79 Å². The molecule has 40 heavy (non-hydrogen) atoms. The number of benzene rings is 2. The number of aromatic nitrogens is 3. The maximum absolute atomic E-state index is 14.3. The Bertz CT molecular complexity index is 1900. The molecule has 1 fully saturated rings. The van der Waals surface area contributed by atoms with E-state index in [-0.39, 0.29) is 30.2 Å². The molecular weight excluding hydrogens is 528 g/mol. The lowest BCUT2D eigenvalue weighted by atomic mass is 9.53. The molecule has 4 heterocycles. The molecular formula is C30H32N4O5S. The lowest BCUT2D eigenvalue weighted by Crippen LogP contribution is -2.69. The third-order valence-corrected chi connectivity index (χ3v) is 11.9. The number of hydrogen-bond donors (Lipinski definition) is 0. The number of sulfonamides is 1. The van der Waals surface area contributed by atoms with Crippen LogP contribution in [0.1, 0.15) is 44.7 Å². The van der Waals surface area contributed by atoms with E-state index in [4.69, 9.17) is 0 Å². The van der Waals surface area contributed by atoms with Crippen molar-refractivity contribution in [1.29, 1.82) is 0 Å². The van der Waals surface area contributed by atoms with E-state index in [1.165, 1.54) is 16.0 Å². The van der Waals surface area contributed by atoms with Crippen LogP contribution in [0.25, 0.3) is 0 Å². The summed E-state index contributed by atoms with van der Waals surface area (Å²) in [6.07, 6.45) is 0.577. The number of nitrogens with zero attached hydrogens (tertiary/aromatic N) is 4. The lowest BCUT2D eigenvalue weighted by molar-refractivity contribution is -0.138. The van der Waals surface area contributed by atoms with E-state index in [0.717, 1.165) is 26.8 Å². The second kappa shape index (κ2) is 7.41. The first kappa shape index (κ1) is 25.5. The van der Waals surface area contributed by atoms with Crippen LogP contribution in [0, 0.1) is 17.8 Å². The monoisotopic (exact) mass is 560 g/mol. The van der Waals surface area contributed by atoms with Gasteiger partial charge in [0.15, 0.2) is 0 Å². The summed E-state index contributed by atoms with van der Waals surface area (Å²) in [5.41, 5.74) is -1.87. The first-order chi connectivity index (χ1) is 18.7. The molecule has 1 saturated carbocycles. The van der Waals surface area contributed by atoms with Gasteiger partial charge in [-0.05, 0) is 55.5 Å². The molecule has 0 unspecified atom stereocenters. The molecule has 0 amide bonds. The van der Waals surface area contributed by atoms with E-state index < -0.39 is 43.3 Å². The molecule has 10 heteroatoms. The Morgan fingerprint density at radius 1 is 0.775 bits per heavy atom. The Balaban J connectivity index is 1.57. The maximum atomic E-state index is 14.3. The molecule has 2 aromatic carbocycles. The molecule has 5 aliphatic rings. The topological polar surface area (TPSA) is 103 Å². The molecule has 208 valence electrons. The number of rotatable bonds is 3. The van der Waals surface area contributed by atoms with Gasteiger partial charge >= 0.3 is 11.4 Å². The molecule has 0 saturated heterocycles. The number of carbonyl (C=O) groups excluding carboxylic acids is 1. The van der Waals surface area contributed by atoms with Crippen LogP contribution in [0.3, 0.4) is 0 Å². The van der Waals surface area contributed by atoms with Gasteiger partial charge in [-0.2, -0.15) is 4.31 Å². The quantitative estimate of drug-likeness (QED) is 0.458. The highest BCUT2D eigenvalue weighted by Gasteiger charge is 2.77. The van der Waals surface area contributed by atoms with Crippen molar-refractivity contribution in [3.8, 4) is 0 Å². The third-order valence-electron chi connectivity index (χ3n) is 10.1. The number of hydrogen-bond acceptors (Lipinski definition) is 5. The van der Waals surface area contributed by atoms with E-state index in [1.807, 2.05) is 58.0 Å². The predicted octanol–water partition coefficient (Wildman–Crippen LogP) is 2.52. The summed E-state index contributed by atoms with van der Waals surface area (Å²) < 4.78 is 33.7. The second-order valence-electron chi connectivity index (χ2n) is 12.8. The van der Waals surface area contributed by atoms with Gasteiger partial charge in [0.2, 0.25) is 10.0 Å². The van der Waals surface area contributed by atoms with Gasteiger partial charge in [-0.1, -0.05) is 61.9 Å². The van der Waals surface area contributed by atoms with Crippen LogP contribution in [-0.4, -0.2) is 45.5 Å². The molecule has 0 N–H and O–H groups in total. The summed E-state index contributed by atoms with van der Waals surface area (Å²) >= 11 is 0. The molecule has 3 atom stereocenters. The molecule has 1 spiro atoms. The van der Waals surface area contributed by atoms with Gasteiger partial charge in [0, 0.05) is 25.6 Å². The van der Waals surface area contributed by atoms with Crippen LogP contribution in [0.2, 0.25) is 0 Å². The van der Waals surface area contributed by atoms with Gasteiger partial charge in [-0.15, -0.1) is 0 Å².